The van der Waals surface area contributed by atoms with E-state index in [1.165, 1.54) is 55.2 Å². The number of hydrogen-bond acceptors (Lipinski definition) is 2. The van der Waals surface area contributed by atoms with Crippen LogP contribution in [0.2, 0.25) is 0 Å². The number of benzene rings is 2. The Kier molecular flexibility index (Phi) is 5.12. The Hall–Kier alpha value is -1.38. The van der Waals surface area contributed by atoms with E-state index in [1.807, 2.05) is 0 Å². The predicted octanol–water partition coefficient (Wildman–Crippen LogP) is 4.00. The molecule has 0 N–H and O–H groups in total. The smallest absolute Gasteiger partial charge is 0.0239 e. The van der Waals surface area contributed by atoms with E-state index in [4.69, 9.17) is 0 Å². The van der Waals surface area contributed by atoms with Crippen molar-refractivity contribution in [2.45, 2.75) is 25.8 Å². The molecule has 3 rings (SSSR count). The van der Waals surface area contributed by atoms with Gasteiger partial charge in [-0.15, -0.1) is 0 Å². The van der Waals surface area contributed by atoms with Crippen molar-refractivity contribution in [1.29, 1.82) is 0 Å². The van der Waals surface area contributed by atoms with Crippen molar-refractivity contribution in [3.63, 3.8) is 0 Å². The van der Waals surface area contributed by atoms with Gasteiger partial charge >= 0.3 is 0 Å². The molecule has 2 heteroatoms. The first-order valence-electron chi connectivity index (χ1n) is 8.56. The van der Waals surface area contributed by atoms with Gasteiger partial charge in [0.25, 0.3) is 0 Å². The van der Waals surface area contributed by atoms with Crippen molar-refractivity contribution in [3.05, 3.63) is 48.0 Å². The van der Waals surface area contributed by atoms with E-state index in [0.29, 0.717) is 0 Å². The molecule has 0 atom stereocenters. The normalized spacial score (nSPS) is 17.4. The Morgan fingerprint density at radius 1 is 1.00 bits per heavy atom. The van der Waals surface area contributed by atoms with E-state index in [1.54, 1.807) is 0 Å². The quantitative estimate of drug-likeness (QED) is 0.823. The monoisotopic (exact) mass is 296 g/mol. The lowest BCUT2D eigenvalue weighted by Gasteiger charge is -2.32. The third kappa shape index (κ3) is 3.88. The summed E-state index contributed by atoms with van der Waals surface area (Å²) in [6, 6.07) is 15.5. The lowest BCUT2D eigenvalue weighted by Crippen LogP contribution is -2.34. The molecule has 22 heavy (non-hydrogen) atoms. The van der Waals surface area contributed by atoms with Gasteiger partial charge in [0.15, 0.2) is 0 Å². The van der Waals surface area contributed by atoms with Gasteiger partial charge in [0.2, 0.25) is 0 Å². The summed E-state index contributed by atoms with van der Waals surface area (Å²) in [5, 5.41) is 2.78. The second-order valence-corrected chi connectivity index (χ2v) is 6.95. The molecule has 1 aliphatic rings. The zero-order valence-corrected chi connectivity index (χ0v) is 14.0. The molecule has 2 aromatic rings. The van der Waals surface area contributed by atoms with E-state index < -0.39 is 0 Å². The summed E-state index contributed by atoms with van der Waals surface area (Å²) in [6.45, 7) is 4.83. The molecule has 0 spiro atoms. The first-order chi connectivity index (χ1) is 10.7. The van der Waals surface area contributed by atoms with Crippen molar-refractivity contribution >= 4 is 10.8 Å². The number of nitrogens with zero attached hydrogens (tertiary/aromatic N) is 2. The summed E-state index contributed by atoms with van der Waals surface area (Å²) >= 11 is 0. The zero-order chi connectivity index (χ0) is 15.4. The first kappa shape index (κ1) is 15.5. The number of rotatable bonds is 5. The SMILES string of the molecule is CN(C)CCC1CCN(Cc2cccc3ccccc23)CC1. The van der Waals surface area contributed by atoms with Crippen molar-refractivity contribution in [2.75, 3.05) is 33.7 Å². The molecule has 0 bridgehead atoms. The Bertz CT molecular complexity index is 592. The Morgan fingerprint density at radius 3 is 2.50 bits per heavy atom. The number of hydrogen-bond donors (Lipinski definition) is 0. The number of piperidine rings is 1. The van der Waals surface area contributed by atoms with Crippen molar-refractivity contribution < 1.29 is 0 Å². The van der Waals surface area contributed by atoms with Gasteiger partial charge in [-0.05, 0) is 75.2 Å². The predicted molar refractivity (Wildman–Crippen MR) is 95.1 cm³/mol. The third-order valence-electron chi connectivity index (χ3n) is 4.97. The zero-order valence-electron chi connectivity index (χ0n) is 14.0. The molecular weight excluding hydrogens is 268 g/mol. The van der Waals surface area contributed by atoms with Crippen LogP contribution in [-0.4, -0.2) is 43.5 Å². The largest absolute Gasteiger partial charge is 0.309 e. The van der Waals surface area contributed by atoms with Crippen LogP contribution in [0.3, 0.4) is 0 Å². The molecule has 2 aromatic carbocycles. The van der Waals surface area contributed by atoms with Crippen LogP contribution in [0, 0.1) is 5.92 Å². The van der Waals surface area contributed by atoms with Crippen molar-refractivity contribution in [1.82, 2.24) is 9.80 Å². The van der Waals surface area contributed by atoms with Crippen LogP contribution in [0.15, 0.2) is 42.5 Å². The second kappa shape index (κ2) is 7.26. The van der Waals surface area contributed by atoms with Crippen molar-refractivity contribution in [2.24, 2.45) is 5.92 Å². The topological polar surface area (TPSA) is 6.48 Å². The molecule has 0 aliphatic carbocycles. The lowest BCUT2D eigenvalue weighted by atomic mass is 9.93. The highest BCUT2D eigenvalue weighted by Crippen LogP contribution is 2.24. The van der Waals surface area contributed by atoms with Crippen molar-refractivity contribution in [3.8, 4) is 0 Å². The Morgan fingerprint density at radius 2 is 1.73 bits per heavy atom. The standard InChI is InChI=1S/C20H28N2/c1-21(2)13-10-17-11-14-22(15-12-17)16-19-8-5-7-18-6-3-4-9-20(18)19/h3-9,17H,10-16H2,1-2H3. The highest BCUT2D eigenvalue weighted by molar-refractivity contribution is 5.85. The lowest BCUT2D eigenvalue weighted by molar-refractivity contribution is 0.166. The average Bonchev–Trinajstić information content (AvgIpc) is 2.54. The Labute approximate surface area is 134 Å². The molecule has 118 valence electrons. The molecule has 1 fully saturated rings. The fraction of sp³-hybridized carbons (Fsp3) is 0.500. The van der Waals surface area contributed by atoms with Gasteiger partial charge in [-0.3, -0.25) is 4.90 Å². The highest BCUT2D eigenvalue weighted by Gasteiger charge is 2.19. The third-order valence-corrected chi connectivity index (χ3v) is 4.97. The summed E-state index contributed by atoms with van der Waals surface area (Å²) < 4.78 is 0. The van der Waals surface area contributed by atoms with Gasteiger partial charge < -0.3 is 4.90 Å². The molecule has 1 heterocycles. The molecule has 2 nitrogen and oxygen atoms in total. The summed E-state index contributed by atoms with van der Waals surface area (Å²) in [5.74, 6) is 0.922. The summed E-state index contributed by atoms with van der Waals surface area (Å²) in [4.78, 5) is 4.94. The van der Waals surface area contributed by atoms with Crippen LogP contribution >= 0.6 is 0 Å². The first-order valence-corrected chi connectivity index (χ1v) is 8.56. The maximum Gasteiger partial charge on any atom is 0.0239 e. The molecule has 1 saturated heterocycles. The van der Waals surface area contributed by atoms with Gasteiger partial charge in [0.1, 0.15) is 0 Å². The van der Waals surface area contributed by atoms with Crippen LogP contribution in [0.5, 0.6) is 0 Å². The van der Waals surface area contributed by atoms with Crippen LogP contribution in [0.1, 0.15) is 24.8 Å². The van der Waals surface area contributed by atoms with Crippen LogP contribution < -0.4 is 0 Å². The summed E-state index contributed by atoms with van der Waals surface area (Å²) in [7, 11) is 4.35. The van der Waals surface area contributed by atoms with Crippen LogP contribution in [0.25, 0.3) is 10.8 Å². The van der Waals surface area contributed by atoms with E-state index in [-0.39, 0.29) is 0 Å². The number of fused-ring (bicyclic) bond motifs is 1. The van der Waals surface area contributed by atoms with Gasteiger partial charge in [-0.2, -0.15) is 0 Å². The maximum atomic E-state index is 2.63. The van der Waals surface area contributed by atoms with Gasteiger partial charge in [-0.25, -0.2) is 0 Å². The Balaban J connectivity index is 1.58. The summed E-state index contributed by atoms with van der Waals surface area (Å²) in [5.41, 5.74) is 1.48. The highest BCUT2D eigenvalue weighted by atomic mass is 15.1. The fourth-order valence-corrected chi connectivity index (χ4v) is 3.55. The molecule has 0 aromatic heterocycles. The molecule has 0 radical (unpaired) electrons. The van der Waals surface area contributed by atoms with E-state index in [0.717, 1.165) is 12.5 Å². The average molecular weight is 296 g/mol. The van der Waals surface area contributed by atoms with E-state index >= 15 is 0 Å². The fourth-order valence-electron chi connectivity index (χ4n) is 3.55. The van der Waals surface area contributed by atoms with Crippen LogP contribution in [-0.2, 0) is 6.54 Å². The maximum absolute atomic E-state index is 2.63. The van der Waals surface area contributed by atoms with E-state index in [2.05, 4.69) is 66.4 Å². The second-order valence-electron chi connectivity index (χ2n) is 6.95. The number of likely N-dealkylation sites (tertiary alicyclic amines) is 1. The van der Waals surface area contributed by atoms with Gasteiger partial charge in [0, 0.05) is 6.54 Å². The minimum atomic E-state index is 0.922. The minimum absolute atomic E-state index is 0.922. The van der Waals surface area contributed by atoms with E-state index in [9.17, 15) is 0 Å². The minimum Gasteiger partial charge on any atom is -0.309 e. The molecular formula is C20H28N2. The molecule has 0 saturated carbocycles. The summed E-state index contributed by atoms with van der Waals surface area (Å²) in [6.07, 6.45) is 4.08. The molecule has 0 amide bonds. The van der Waals surface area contributed by atoms with Gasteiger partial charge in [0.05, 0.1) is 0 Å². The van der Waals surface area contributed by atoms with Gasteiger partial charge in [-0.1, -0.05) is 42.5 Å². The molecule has 0 unspecified atom stereocenters. The van der Waals surface area contributed by atoms with Crippen LogP contribution in [0.4, 0.5) is 0 Å². The molecule has 1 aliphatic heterocycles.